The fourth-order valence-corrected chi connectivity index (χ4v) is 2.20. The molecule has 0 fully saturated rings. The number of aryl methyl sites for hydroxylation is 2. The van der Waals surface area contributed by atoms with Gasteiger partial charge in [0.15, 0.2) is 0 Å². The van der Waals surface area contributed by atoms with Gasteiger partial charge in [-0.15, -0.1) is 0 Å². The molecule has 1 aromatic heterocycles. The largest absolute Gasteiger partial charge is 0.267 e. The van der Waals surface area contributed by atoms with Crippen molar-refractivity contribution >= 4 is 12.2 Å². The smallest absolute Gasteiger partial charge is 0.119 e. The molecular weight excluding hydrogens is 228 g/mol. The second-order valence-electron chi connectivity index (χ2n) is 4.44. The quantitative estimate of drug-likeness (QED) is 0.767. The van der Waals surface area contributed by atoms with Crippen LogP contribution in [-0.2, 0) is 0 Å². The van der Waals surface area contributed by atoms with E-state index < -0.39 is 0 Å². The summed E-state index contributed by atoms with van der Waals surface area (Å²) in [5, 5.41) is 7.18. The highest BCUT2D eigenvalue weighted by Crippen LogP contribution is 2.29. The molecule has 0 spiro atoms. The van der Waals surface area contributed by atoms with Crippen molar-refractivity contribution in [1.29, 1.82) is 0 Å². The molecule has 1 N–H and O–H groups in total. The molecule has 0 atom stereocenters. The summed E-state index contributed by atoms with van der Waals surface area (Å²) >= 11 is 5.02. The minimum Gasteiger partial charge on any atom is -0.267 e. The summed E-state index contributed by atoms with van der Waals surface area (Å²) in [5.41, 5.74) is 7.34. The van der Waals surface area contributed by atoms with Gasteiger partial charge in [-0.1, -0.05) is 18.3 Å². The van der Waals surface area contributed by atoms with Gasteiger partial charge in [-0.05, 0) is 62.1 Å². The molecule has 0 aliphatic rings. The van der Waals surface area contributed by atoms with E-state index in [2.05, 4.69) is 44.0 Å². The van der Waals surface area contributed by atoms with E-state index in [9.17, 15) is 0 Å². The molecule has 0 aliphatic carbocycles. The molecule has 3 heteroatoms. The summed E-state index contributed by atoms with van der Waals surface area (Å²) in [5.74, 6) is 0. The van der Waals surface area contributed by atoms with E-state index in [1.165, 1.54) is 27.8 Å². The van der Waals surface area contributed by atoms with E-state index in [-0.39, 0.29) is 0 Å². The van der Waals surface area contributed by atoms with Gasteiger partial charge in [-0.3, -0.25) is 5.10 Å². The average molecular weight is 244 g/mol. The zero-order valence-corrected chi connectivity index (χ0v) is 11.4. The molecule has 0 amide bonds. The summed E-state index contributed by atoms with van der Waals surface area (Å²) in [6.07, 6.45) is 0. The fraction of sp³-hybridized carbons (Fsp3) is 0.286. The van der Waals surface area contributed by atoms with E-state index in [1.54, 1.807) is 0 Å². The van der Waals surface area contributed by atoms with Gasteiger partial charge in [-0.2, -0.15) is 5.10 Å². The standard InChI is InChI=1S/C14H16N2S/c1-8-7-9(2)11(4)14(10(8)3)12-5-6-13(17)16-15-12/h5-7H,1-4H3,(H,16,17). The van der Waals surface area contributed by atoms with Crippen LogP contribution in [0.3, 0.4) is 0 Å². The van der Waals surface area contributed by atoms with Crippen LogP contribution < -0.4 is 0 Å². The second-order valence-corrected chi connectivity index (χ2v) is 4.88. The van der Waals surface area contributed by atoms with Crippen LogP contribution in [0.4, 0.5) is 0 Å². The second kappa shape index (κ2) is 4.41. The Balaban J connectivity index is 2.74. The van der Waals surface area contributed by atoms with Gasteiger partial charge in [0.2, 0.25) is 0 Å². The third-order valence-corrected chi connectivity index (χ3v) is 3.53. The van der Waals surface area contributed by atoms with Crippen molar-refractivity contribution in [3.63, 3.8) is 0 Å². The van der Waals surface area contributed by atoms with Gasteiger partial charge in [-0.25, -0.2) is 0 Å². The Kier molecular flexibility index (Phi) is 3.11. The zero-order chi connectivity index (χ0) is 12.6. The molecule has 17 heavy (non-hydrogen) atoms. The highest BCUT2D eigenvalue weighted by atomic mass is 32.1. The minimum absolute atomic E-state index is 0.661. The third-order valence-electron chi connectivity index (χ3n) is 3.30. The van der Waals surface area contributed by atoms with Crippen LogP contribution in [0, 0.1) is 32.3 Å². The molecule has 88 valence electrons. The van der Waals surface area contributed by atoms with Crippen LogP contribution in [0.1, 0.15) is 22.3 Å². The summed E-state index contributed by atoms with van der Waals surface area (Å²) in [6, 6.07) is 6.08. The van der Waals surface area contributed by atoms with Gasteiger partial charge in [0.05, 0.1) is 5.69 Å². The summed E-state index contributed by atoms with van der Waals surface area (Å²) < 4.78 is 0.661. The first-order chi connectivity index (χ1) is 8.00. The number of benzene rings is 1. The fourth-order valence-electron chi connectivity index (χ4n) is 2.08. The number of aromatic nitrogens is 2. The molecule has 0 bridgehead atoms. The van der Waals surface area contributed by atoms with E-state index in [1.807, 2.05) is 12.1 Å². The summed E-state index contributed by atoms with van der Waals surface area (Å²) in [6.45, 7) is 8.55. The van der Waals surface area contributed by atoms with E-state index in [0.717, 1.165) is 5.69 Å². The first kappa shape index (κ1) is 12.0. The maximum Gasteiger partial charge on any atom is 0.119 e. The SMILES string of the molecule is Cc1cc(C)c(C)c(-c2ccc(=S)[nH]n2)c1C. The molecule has 0 radical (unpaired) electrons. The Hall–Kier alpha value is -1.48. The number of nitrogens with zero attached hydrogens (tertiary/aromatic N) is 1. The van der Waals surface area contributed by atoms with Gasteiger partial charge in [0, 0.05) is 5.56 Å². The molecule has 1 aromatic carbocycles. The first-order valence-electron chi connectivity index (χ1n) is 5.64. The minimum atomic E-state index is 0.661. The maximum absolute atomic E-state index is 5.02. The zero-order valence-electron chi connectivity index (χ0n) is 10.6. The van der Waals surface area contributed by atoms with Gasteiger partial charge in [0.25, 0.3) is 0 Å². The Morgan fingerprint density at radius 2 is 1.59 bits per heavy atom. The molecule has 0 saturated carbocycles. The molecule has 0 saturated heterocycles. The predicted molar refractivity (Wildman–Crippen MR) is 73.8 cm³/mol. The van der Waals surface area contributed by atoms with Crippen molar-refractivity contribution in [2.24, 2.45) is 0 Å². The lowest BCUT2D eigenvalue weighted by atomic mass is 9.92. The Labute approximate surface area is 107 Å². The van der Waals surface area contributed by atoms with Crippen LogP contribution >= 0.6 is 12.2 Å². The Morgan fingerprint density at radius 1 is 1.00 bits per heavy atom. The van der Waals surface area contributed by atoms with Gasteiger partial charge >= 0.3 is 0 Å². The normalized spacial score (nSPS) is 10.6. The van der Waals surface area contributed by atoms with Gasteiger partial charge in [0.1, 0.15) is 4.64 Å². The monoisotopic (exact) mass is 244 g/mol. The lowest BCUT2D eigenvalue weighted by Gasteiger charge is -2.14. The van der Waals surface area contributed by atoms with E-state index in [0.29, 0.717) is 4.64 Å². The van der Waals surface area contributed by atoms with Crippen molar-refractivity contribution in [1.82, 2.24) is 10.2 Å². The average Bonchev–Trinajstić information content (AvgIpc) is 2.29. The molecule has 0 aliphatic heterocycles. The highest BCUT2D eigenvalue weighted by molar-refractivity contribution is 7.71. The van der Waals surface area contributed by atoms with Crippen molar-refractivity contribution < 1.29 is 0 Å². The van der Waals surface area contributed by atoms with Crippen molar-refractivity contribution in [2.45, 2.75) is 27.7 Å². The number of aromatic amines is 1. The summed E-state index contributed by atoms with van der Waals surface area (Å²) in [7, 11) is 0. The van der Waals surface area contributed by atoms with Crippen LogP contribution in [0.5, 0.6) is 0 Å². The van der Waals surface area contributed by atoms with E-state index >= 15 is 0 Å². The number of rotatable bonds is 1. The first-order valence-corrected chi connectivity index (χ1v) is 6.05. The topological polar surface area (TPSA) is 28.7 Å². The molecule has 2 aromatic rings. The highest BCUT2D eigenvalue weighted by Gasteiger charge is 2.11. The van der Waals surface area contributed by atoms with Crippen molar-refractivity contribution in [3.8, 4) is 11.3 Å². The van der Waals surface area contributed by atoms with Crippen molar-refractivity contribution in [2.75, 3.05) is 0 Å². The molecular formula is C14H16N2S. The lowest BCUT2D eigenvalue weighted by Crippen LogP contribution is -1.97. The molecule has 0 unspecified atom stereocenters. The van der Waals surface area contributed by atoms with Crippen LogP contribution in [0.15, 0.2) is 18.2 Å². The third kappa shape index (κ3) is 2.15. The Bertz CT molecular complexity index is 580. The van der Waals surface area contributed by atoms with Crippen LogP contribution in [0.2, 0.25) is 0 Å². The summed E-state index contributed by atoms with van der Waals surface area (Å²) in [4.78, 5) is 0. The van der Waals surface area contributed by atoms with E-state index in [4.69, 9.17) is 12.2 Å². The number of hydrogen-bond acceptors (Lipinski definition) is 2. The Morgan fingerprint density at radius 3 is 2.06 bits per heavy atom. The molecule has 2 nitrogen and oxygen atoms in total. The van der Waals surface area contributed by atoms with Crippen LogP contribution in [0.25, 0.3) is 11.3 Å². The maximum atomic E-state index is 5.02. The van der Waals surface area contributed by atoms with Crippen LogP contribution in [-0.4, -0.2) is 10.2 Å². The predicted octanol–water partition coefficient (Wildman–Crippen LogP) is 4.04. The number of nitrogens with one attached hydrogen (secondary N) is 1. The number of hydrogen-bond donors (Lipinski definition) is 1. The van der Waals surface area contributed by atoms with Crippen molar-refractivity contribution in [3.05, 3.63) is 45.1 Å². The molecule has 1 heterocycles. The molecule has 2 rings (SSSR count). The van der Waals surface area contributed by atoms with Gasteiger partial charge < -0.3 is 0 Å². The number of H-pyrrole nitrogens is 1. The lowest BCUT2D eigenvalue weighted by molar-refractivity contribution is 1.02.